The van der Waals surface area contributed by atoms with Crippen LogP contribution in [0.25, 0.3) is 11.4 Å². The van der Waals surface area contributed by atoms with E-state index in [2.05, 4.69) is 25.4 Å². The molecule has 1 aliphatic rings. The first-order valence-electron chi connectivity index (χ1n) is 12.1. The highest BCUT2D eigenvalue weighted by Crippen LogP contribution is 2.19. The largest absolute Gasteiger partial charge is 0.489 e. The van der Waals surface area contributed by atoms with Crippen LogP contribution in [0, 0.1) is 5.82 Å². The molecule has 1 fully saturated rings. The monoisotopic (exact) mass is 495 g/mol. The van der Waals surface area contributed by atoms with Gasteiger partial charge in [-0.15, -0.1) is 10.2 Å². The minimum atomic E-state index is -0.369. The zero-order valence-electron chi connectivity index (χ0n) is 20.0. The van der Waals surface area contributed by atoms with Crippen LogP contribution in [0.3, 0.4) is 0 Å². The van der Waals surface area contributed by atoms with Crippen LogP contribution in [0.15, 0.2) is 53.3 Å². The third kappa shape index (κ3) is 7.69. The fourth-order valence-corrected chi connectivity index (χ4v) is 3.83. The molecule has 0 unspecified atom stereocenters. The van der Waals surface area contributed by atoms with Crippen molar-refractivity contribution in [2.75, 3.05) is 39.4 Å². The fraction of sp³-hybridized carbons (Fsp3) is 0.385. The molecule has 0 aliphatic carbocycles. The minimum Gasteiger partial charge on any atom is -0.489 e. The number of amides is 1. The topological polar surface area (TPSA) is 109 Å². The molecule has 36 heavy (non-hydrogen) atoms. The average Bonchev–Trinajstić information content (AvgIpc) is 2.90. The van der Waals surface area contributed by atoms with E-state index in [-0.39, 0.29) is 42.4 Å². The maximum Gasteiger partial charge on any atom is 0.273 e. The van der Waals surface area contributed by atoms with Crippen molar-refractivity contribution in [3.8, 4) is 17.1 Å². The fourth-order valence-electron chi connectivity index (χ4n) is 3.83. The van der Waals surface area contributed by atoms with Gasteiger partial charge < -0.3 is 19.8 Å². The third-order valence-electron chi connectivity index (χ3n) is 5.85. The van der Waals surface area contributed by atoms with Gasteiger partial charge in [0, 0.05) is 38.0 Å². The Morgan fingerprint density at radius 2 is 1.94 bits per heavy atom. The molecule has 3 aromatic rings. The number of benzene rings is 2. The number of halogens is 1. The summed E-state index contributed by atoms with van der Waals surface area (Å²) in [6, 6.07) is 13.2. The highest BCUT2D eigenvalue weighted by atomic mass is 19.1. The summed E-state index contributed by atoms with van der Waals surface area (Å²) in [6.45, 7) is 5.15. The lowest BCUT2D eigenvalue weighted by molar-refractivity contribution is -0.121. The van der Waals surface area contributed by atoms with Crippen LogP contribution >= 0.6 is 0 Å². The quantitative estimate of drug-likeness (QED) is 0.393. The van der Waals surface area contributed by atoms with Gasteiger partial charge >= 0.3 is 0 Å². The Morgan fingerprint density at radius 3 is 2.69 bits per heavy atom. The van der Waals surface area contributed by atoms with Crippen LogP contribution in [0.5, 0.6) is 5.75 Å². The van der Waals surface area contributed by atoms with Gasteiger partial charge in [0.05, 0.1) is 13.2 Å². The predicted octanol–water partition coefficient (Wildman–Crippen LogP) is 2.32. The van der Waals surface area contributed by atoms with Gasteiger partial charge in [-0.2, -0.15) is 0 Å². The summed E-state index contributed by atoms with van der Waals surface area (Å²) < 4.78 is 24.3. The molecule has 1 aromatic heterocycles. The summed E-state index contributed by atoms with van der Waals surface area (Å²) in [5.74, 6) is 0.507. The zero-order chi connectivity index (χ0) is 25.2. The summed E-state index contributed by atoms with van der Waals surface area (Å²) in [6.07, 6.45) is 1.26. The van der Waals surface area contributed by atoms with Crippen LogP contribution in [0.2, 0.25) is 0 Å². The number of nitrogens with zero attached hydrogens (tertiary/aromatic N) is 3. The molecule has 2 heterocycles. The lowest BCUT2D eigenvalue weighted by atomic mass is 10.2. The summed E-state index contributed by atoms with van der Waals surface area (Å²) in [5.41, 5.74) is 1.25. The molecule has 4 rings (SSSR count). The van der Waals surface area contributed by atoms with Gasteiger partial charge in [0.1, 0.15) is 23.9 Å². The van der Waals surface area contributed by atoms with Crippen molar-refractivity contribution in [1.82, 2.24) is 25.4 Å². The first-order chi connectivity index (χ1) is 17.6. The van der Waals surface area contributed by atoms with Crippen LogP contribution in [0.1, 0.15) is 24.1 Å². The van der Waals surface area contributed by atoms with E-state index in [1.165, 1.54) is 12.1 Å². The van der Waals surface area contributed by atoms with Crippen molar-refractivity contribution >= 4 is 5.91 Å². The first kappa shape index (κ1) is 25.5. The molecule has 0 atom stereocenters. The molecule has 1 aliphatic heterocycles. The molecule has 9 nitrogen and oxygen atoms in total. The van der Waals surface area contributed by atoms with Crippen molar-refractivity contribution < 1.29 is 18.7 Å². The minimum absolute atomic E-state index is 0.115. The predicted molar refractivity (Wildman–Crippen MR) is 132 cm³/mol. The second-order valence-electron chi connectivity index (χ2n) is 8.55. The number of H-pyrrole nitrogens is 1. The summed E-state index contributed by atoms with van der Waals surface area (Å²) >= 11 is 0. The van der Waals surface area contributed by atoms with E-state index in [0.29, 0.717) is 23.7 Å². The zero-order valence-corrected chi connectivity index (χ0v) is 20.0. The number of morpholine rings is 1. The number of aromatic nitrogens is 3. The van der Waals surface area contributed by atoms with Crippen molar-refractivity contribution in [2.24, 2.45) is 0 Å². The van der Waals surface area contributed by atoms with Gasteiger partial charge in [0.25, 0.3) is 5.56 Å². The standard InChI is InChI=1S/C26H30FN5O4/c27-21-4-1-3-19(17-21)18-36-22-7-5-20(6-8-22)25-29-26(34)23(30-31-25)9-10-24(33)28-11-2-12-32-13-15-35-16-14-32/h1,3-8,17H,2,9-16,18H2,(H,28,33)(H,29,31,34). The van der Waals surface area contributed by atoms with Crippen LogP contribution in [-0.4, -0.2) is 65.4 Å². The van der Waals surface area contributed by atoms with Gasteiger partial charge in [-0.1, -0.05) is 12.1 Å². The first-order valence-corrected chi connectivity index (χ1v) is 12.1. The van der Waals surface area contributed by atoms with E-state index in [4.69, 9.17) is 9.47 Å². The van der Waals surface area contributed by atoms with Crippen molar-refractivity contribution in [1.29, 1.82) is 0 Å². The van der Waals surface area contributed by atoms with E-state index < -0.39 is 0 Å². The van der Waals surface area contributed by atoms with Gasteiger partial charge in [0.15, 0.2) is 5.82 Å². The summed E-state index contributed by atoms with van der Waals surface area (Å²) in [4.78, 5) is 29.6. The molecule has 2 N–H and O–H groups in total. The van der Waals surface area contributed by atoms with Crippen LogP contribution in [-0.2, 0) is 22.6 Å². The van der Waals surface area contributed by atoms with Gasteiger partial charge in [-0.3, -0.25) is 14.5 Å². The van der Waals surface area contributed by atoms with Crippen molar-refractivity contribution in [3.63, 3.8) is 0 Å². The lowest BCUT2D eigenvalue weighted by Crippen LogP contribution is -2.38. The number of aryl methyl sites for hydroxylation is 1. The highest BCUT2D eigenvalue weighted by Gasteiger charge is 2.11. The molecule has 190 valence electrons. The number of carbonyl (C=O) groups excluding carboxylic acids is 1. The molecule has 0 bridgehead atoms. The maximum atomic E-state index is 13.3. The molecule has 0 spiro atoms. The number of rotatable bonds is 11. The summed E-state index contributed by atoms with van der Waals surface area (Å²) in [5, 5.41) is 11.0. The summed E-state index contributed by atoms with van der Waals surface area (Å²) in [7, 11) is 0. The highest BCUT2D eigenvalue weighted by molar-refractivity contribution is 5.76. The Balaban J connectivity index is 1.22. The Hall–Kier alpha value is -3.63. The van der Waals surface area contributed by atoms with Gasteiger partial charge in [0.2, 0.25) is 5.91 Å². The van der Waals surface area contributed by atoms with E-state index in [1.54, 1.807) is 36.4 Å². The Labute approximate surface area is 208 Å². The van der Waals surface area contributed by atoms with E-state index in [9.17, 15) is 14.0 Å². The third-order valence-corrected chi connectivity index (χ3v) is 5.85. The Kier molecular flexibility index (Phi) is 9.12. The van der Waals surface area contributed by atoms with Crippen molar-refractivity contribution in [3.05, 3.63) is 76.0 Å². The smallest absolute Gasteiger partial charge is 0.273 e. The van der Waals surface area contributed by atoms with Gasteiger partial charge in [-0.05, 0) is 54.9 Å². The molecular formula is C26H30FN5O4. The van der Waals surface area contributed by atoms with E-state index in [1.807, 2.05) is 0 Å². The van der Waals surface area contributed by atoms with Crippen LogP contribution in [0.4, 0.5) is 4.39 Å². The molecule has 2 aromatic carbocycles. The van der Waals surface area contributed by atoms with Crippen molar-refractivity contribution in [2.45, 2.75) is 25.9 Å². The number of aromatic amines is 1. The molecule has 0 saturated carbocycles. The Morgan fingerprint density at radius 1 is 1.14 bits per heavy atom. The van der Waals surface area contributed by atoms with Gasteiger partial charge in [-0.25, -0.2) is 4.39 Å². The molecule has 10 heteroatoms. The normalized spacial score (nSPS) is 13.9. The lowest BCUT2D eigenvalue weighted by Gasteiger charge is -2.26. The second kappa shape index (κ2) is 12.9. The van der Waals surface area contributed by atoms with E-state index >= 15 is 0 Å². The number of hydrogen-bond donors (Lipinski definition) is 2. The SMILES string of the molecule is O=C(CCc1nnc(-c2ccc(OCc3cccc(F)c3)cc2)[nH]c1=O)NCCCN1CCOCC1. The number of ether oxygens (including phenoxy) is 2. The molecule has 0 radical (unpaired) electrons. The number of nitrogens with one attached hydrogen (secondary N) is 2. The molecular weight excluding hydrogens is 465 g/mol. The Bertz CT molecular complexity index is 1200. The second-order valence-corrected chi connectivity index (χ2v) is 8.55. The average molecular weight is 496 g/mol. The van der Waals surface area contributed by atoms with Crippen LogP contribution < -0.4 is 15.6 Å². The number of hydrogen-bond acceptors (Lipinski definition) is 7. The number of carbonyl (C=O) groups is 1. The van der Waals surface area contributed by atoms with E-state index in [0.717, 1.165) is 44.8 Å². The maximum absolute atomic E-state index is 13.3. The molecule has 1 amide bonds. The molecule has 1 saturated heterocycles.